The van der Waals surface area contributed by atoms with Crippen molar-refractivity contribution in [2.45, 2.75) is 12.1 Å². The first kappa shape index (κ1) is 9.18. The fourth-order valence-electron chi connectivity index (χ4n) is 1.66. The molecule has 0 bridgehead atoms. The maximum Gasteiger partial charge on any atom is 0.193 e. The molecule has 0 unspecified atom stereocenters. The Morgan fingerprint density at radius 2 is 2.21 bits per heavy atom. The molecule has 0 heterocycles. The second-order valence-electron chi connectivity index (χ2n) is 3.29. The van der Waals surface area contributed by atoms with Gasteiger partial charge in [-0.1, -0.05) is 0 Å². The van der Waals surface area contributed by atoms with Crippen LogP contribution in [0.1, 0.15) is 22.0 Å². The third kappa shape index (κ3) is 1.12. The van der Waals surface area contributed by atoms with Crippen molar-refractivity contribution in [2.75, 3.05) is 7.11 Å². The lowest BCUT2D eigenvalue weighted by Gasteiger charge is -2.08. The summed E-state index contributed by atoms with van der Waals surface area (Å²) in [7, 11) is 1.54. The molecule has 1 aliphatic carbocycles. The predicted octanol–water partition coefficient (Wildman–Crippen LogP) is 0.252. The number of benzene rings is 1. The Bertz CT molecular complexity index is 389. The normalized spacial score (nSPS) is 24.9. The van der Waals surface area contributed by atoms with E-state index in [1.807, 2.05) is 0 Å². The van der Waals surface area contributed by atoms with E-state index in [4.69, 9.17) is 10.5 Å². The molecular formula is C10H11NO3. The Labute approximate surface area is 81.3 Å². The van der Waals surface area contributed by atoms with Gasteiger partial charge in [0.2, 0.25) is 0 Å². The SMILES string of the molecule is COc1ccc2c(c1)[C@H](N)[C@H](O)C2=O. The van der Waals surface area contributed by atoms with Crippen LogP contribution in [-0.2, 0) is 0 Å². The summed E-state index contributed by atoms with van der Waals surface area (Å²) in [6.45, 7) is 0. The van der Waals surface area contributed by atoms with Gasteiger partial charge in [0.25, 0.3) is 0 Å². The molecule has 14 heavy (non-hydrogen) atoms. The number of hydrogen-bond acceptors (Lipinski definition) is 4. The molecule has 0 aromatic heterocycles. The first-order valence-electron chi connectivity index (χ1n) is 4.31. The van der Waals surface area contributed by atoms with E-state index in [2.05, 4.69) is 0 Å². The summed E-state index contributed by atoms with van der Waals surface area (Å²) in [5, 5.41) is 9.44. The molecule has 1 aromatic rings. The molecule has 0 amide bonds. The van der Waals surface area contributed by atoms with E-state index in [0.717, 1.165) is 0 Å². The van der Waals surface area contributed by atoms with Gasteiger partial charge >= 0.3 is 0 Å². The van der Waals surface area contributed by atoms with E-state index in [1.165, 1.54) is 0 Å². The summed E-state index contributed by atoms with van der Waals surface area (Å²) in [6.07, 6.45) is -1.11. The smallest absolute Gasteiger partial charge is 0.193 e. The number of ether oxygens (including phenoxy) is 1. The van der Waals surface area contributed by atoms with Crippen molar-refractivity contribution in [2.24, 2.45) is 5.73 Å². The maximum atomic E-state index is 11.4. The highest BCUT2D eigenvalue weighted by atomic mass is 16.5. The minimum Gasteiger partial charge on any atom is -0.497 e. The third-order valence-corrected chi connectivity index (χ3v) is 2.49. The second kappa shape index (κ2) is 3.08. The van der Waals surface area contributed by atoms with E-state index in [1.54, 1.807) is 25.3 Å². The minimum absolute atomic E-state index is 0.310. The third-order valence-electron chi connectivity index (χ3n) is 2.49. The highest BCUT2D eigenvalue weighted by Crippen LogP contribution is 2.32. The molecule has 0 aliphatic heterocycles. The Hall–Kier alpha value is -1.39. The number of nitrogens with two attached hydrogens (primary N) is 1. The summed E-state index contributed by atoms with van der Waals surface area (Å²) in [5.41, 5.74) is 6.82. The van der Waals surface area contributed by atoms with Gasteiger partial charge < -0.3 is 15.6 Å². The number of methoxy groups -OCH3 is 1. The van der Waals surface area contributed by atoms with E-state index in [9.17, 15) is 9.90 Å². The van der Waals surface area contributed by atoms with Crippen LogP contribution in [0.3, 0.4) is 0 Å². The van der Waals surface area contributed by atoms with Gasteiger partial charge in [-0.05, 0) is 23.8 Å². The number of aliphatic hydroxyl groups is 1. The molecular weight excluding hydrogens is 182 g/mol. The standard InChI is InChI=1S/C10H11NO3/c1-14-5-2-3-6-7(4-5)8(11)10(13)9(6)12/h2-4,8,10,13H,11H2,1H3/t8-,10-/m0/s1. The number of hydrogen-bond donors (Lipinski definition) is 2. The summed E-state index contributed by atoms with van der Waals surface area (Å²) < 4.78 is 5.01. The van der Waals surface area contributed by atoms with Crippen molar-refractivity contribution in [3.8, 4) is 5.75 Å². The zero-order chi connectivity index (χ0) is 10.3. The van der Waals surface area contributed by atoms with Gasteiger partial charge in [0.15, 0.2) is 5.78 Å². The predicted molar refractivity (Wildman–Crippen MR) is 50.3 cm³/mol. The second-order valence-corrected chi connectivity index (χ2v) is 3.29. The van der Waals surface area contributed by atoms with Crippen LogP contribution < -0.4 is 10.5 Å². The van der Waals surface area contributed by atoms with Gasteiger partial charge in [-0.15, -0.1) is 0 Å². The fraction of sp³-hybridized carbons (Fsp3) is 0.300. The van der Waals surface area contributed by atoms with Crippen molar-refractivity contribution in [3.63, 3.8) is 0 Å². The molecule has 74 valence electrons. The van der Waals surface area contributed by atoms with Crippen LogP contribution in [-0.4, -0.2) is 24.1 Å². The van der Waals surface area contributed by atoms with E-state index < -0.39 is 12.1 Å². The van der Waals surface area contributed by atoms with Gasteiger partial charge in [0.1, 0.15) is 11.9 Å². The monoisotopic (exact) mass is 193 g/mol. The average Bonchev–Trinajstić information content (AvgIpc) is 2.44. The Morgan fingerprint density at radius 1 is 1.50 bits per heavy atom. The zero-order valence-electron chi connectivity index (χ0n) is 7.73. The van der Waals surface area contributed by atoms with Crippen molar-refractivity contribution in [1.82, 2.24) is 0 Å². The number of Topliss-reactive ketones (excluding diaryl/α,β-unsaturated/α-hetero) is 1. The van der Waals surface area contributed by atoms with Gasteiger partial charge in [-0.3, -0.25) is 4.79 Å². The van der Waals surface area contributed by atoms with Crippen LogP contribution in [0.5, 0.6) is 5.75 Å². The molecule has 0 fully saturated rings. The first-order chi connectivity index (χ1) is 6.65. The summed E-state index contributed by atoms with van der Waals surface area (Å²) in [5.74, 6) is 0.330. The van der Waals surface area contributed by atoms with Gasteiger partial charge in [0, 0.05) is 5.56 Å². The van der Waals surface area contributed by atoms with Crippen LogP contribution in [0.25, 0.3) is 0 Å². The first-order valence-corrected chi connectivity index (χ1v) is 4.31. The summed E-state index contributed by atoms with van der Waals surface area (Å²) in [4.78, 5) is 11.4. The molecule has 2 atom stereocenters. The molecule has 0 saturated heterocycles. The number of rotatable bonds is 1. The largest absolute Gasteiger partial charge is 0.497 e. The van der Waals surface area contributed by atoms with Crippen LogP contribution >= 0.6 is 0 Å². The molecule has 0 radical (unpaired) electrons. The van der Waals surface area contributed by atoms with Gasteiger partial charge in [-0.2, -0.15) is 0 Å². The fourth-order valence-corrected chi connectivity index (χ4v) is 1.66. The Balaban J connectivity index is 2.53. The molecule has 4 nitrogen and oxygen atoms in total. The lowest BCUT2D eigenvalue weighted by molar-refractivity contribution is 0.0736. The van der Waals surface area contributed by atoms with Crippen molar-refractivity contribution in [1.29, 1.82) is 0 Å². The van der Waals surface area contributed by atoms with Crippen molar-refractivity contribution < 1.29 is 14.6 Å². The number of fused-ring (bicyclic) bond motifs is 1. The quantitative estimate of drug-likeness (QED) is 0.670. The van der Waals surface area contributed by atoms with E-state index >= 15 is 0 Å². The molecule has 1 aromatic carbocycles. The van der Waals surface area contributed by atoms with E-state index in [0.29, 0.717) is 16.9 Å². The lowest BCUT2D eigenvalue weighted by Crippen LogP contribution is -2.25. The minimum atomic E-state index is -1.11. The molecule has 2 rings (SSSR count). The van der Waals surface area contributed by atoms with E-state index in [-0.39, 0.29) is 5.78 Å². The summed E-state index contributed by atoms with van der Waals surface area (Å²) >= 11 is 0. The molecule has 3 N–H and O–H groups in total. The van der Waals surface area contributed by atoms with Crippen molar-refractivity contribution in [3.05, 3.63) is 29.3 Å². The highest BCUT2D eigenvalue weighted by Gasteiger charge is 2.36. The molecule has 4 heteroatoms. The molecule has 1 aliphatic rings. The van der Waals surface area contributed by atoms with Crippen LogP contribution in [0.4, 0.5) is 0 Å². The van der Waals surface area contributed by atoms with Gasteiger partial charge in [-0.25, -0.2) is 0 Å². The number of ketones is 1. The zero-order valence-corrected chi connectivity index (χ0v) is 7.73. The Morgan fingerprint density at radius 3 is 2.86 bits per heavy atom. The molecule has 0 saturated carbocycles. The van der Waals surface area contributed by atoms with Crippen LogP contribution in [0, 0.1) is 0 Å². The van der Waals surface area contributed by atoms with Crippen molar-refractivity contribution >= 4 is 5.78 Å². The average molecular weight is 193 g/mol. The highest BCUT2D eigenvalue weighted by molar-refractivity contribution is 6.04. The maximum absolute atomic E-state index is 11.4. The van der Waals surface area contributed by atoms with Crippen LogP contribution in [0.15, 0.2) is 18.2 Å². The molecule has 0 spiro atoms. The summed E-state index contributed by atoms with van der Waals surface area (Å²) in [6, 6.07) is 4.37. The topological polar surface area (TPSA) is 72.6 Å². The lowest BCUT2D eigenvalue weighted by atomic mass is 10.1. The van der Waals surface area contributed by atoms with Crippen LogP contribution in [0.2, 0.25) is 0 Å². The van der Waals surface area contributed by atoms with Gasteiger partial charge in [0.05, 0.1) is 13.2 Å². The number of aliphatic hydroxyl groups excluding tert-OH is 1. The number of carbonyl (C=O) groups is 1. The number of carbonyl (C=O) groups excluding carboxylic acids is 1. The Kier molecular flexibility index (Phi) is 2.02.